The molecule has 0 spiro atoms. The normalized spacial score (nSPS) is 44.4. The molecule has 5 atom stereocenters. The van der Waals surface area contributed by atoms with E-state index >= 15 is 0 Å². The first-order valence-electron chi connectivity index (χ1n) is 6.29. The maximum atomic E-state index is 10.3. The Hall–Kier alpha value is -0.340. The predicted molar refractivity (Wildman–Crippen MR) is 67.1 cm³/mol. The Balaban J connectivity index is 2.91. The molecule has 16 heavy (non-hydrogen) atoms. The number of hydrogen-bond donors (Lipinski definition) is 2. The second kappa shape index (κ2) is 4.89. The molecule has 0 bridgehead atoms. The number of hydrogen-bond acceptors (Lipinski definition) is 2. The van der Waals surface area contributed by atoms with Crippen molar-refractivity contribution in [2.45, 2.75) is 46.6 Å². The Labute approximate surface area is 99.4 Å². The summed E-state index contributed by atoms with van der Waals surface area (Å²) in [5.41, 5.74) is 1.02. The minimum Gasteiger partial charge on any atom is -0.396 e. The summed E-state index contributed by atoms with van der Waals surface area (Å²) >= 11 is 0. The van der Waals surface area contributed by atoms with Gasteiger partial charge in [-0.05, 0) is 42.9 Å². The molecule has 0 heterocycles. The molecule has 1 fully saturated rings. The van der Waals surface area contributed by atoms with Gasteiger partial charge in [-0.15, -0.1) is 0 Å². The van der Waals surface area contributed by atoms with E-state index in [2.05, 4.69) is 34.3 Å². The van der Waals surface area contributed by atoms with Crippen LogP contribution in [0.2, 0.25) is 0 Å². The first kappa shape index (κ1) is 13.7. The number of aliphatic hydroxyl groups excluding tert-OH is 2. The predicted octanol–water partition coefficient (Wildman–Crippen LogP) is 2.60. The van der Waals surface area contributed by atoms with E-state index in [1.165, 1.54) is 5.57 Å². The van der Waals surface area contributed by atoms with Crippen molar-refractivity contribution in [1.82, 2.24) is 0 Å². The molecular weight excluding hydrogens is 200 g/mol. The van der Waals surface area contributed by atoms with Crippen molar-refractivity contribution in [3.63, 3.8) is 0 Å². The summed E-state index contributed by atoms with van der Waals surface area (Å²) in [7, 11) is 0. The largest absolute Gasteiger partial charge is 0.396 e. The molecule has 0 aliphatic heterocycles. The summed E-state index contributed by atoms with van der Waals surface area (Å²) in [5.74, 6) is 1.35. The van der Waals surface area contributed by atoms with Crippen molar-refractivity contribution in [3.8, 4) is 0 Å². The van der Waals surface area contributed by atoms with Gasteiger partial charge in [0.1, 0.15) is 0 Å². The standard InChI is InChI=1S/C14H26O2/c1-9(2)12-8-13(16)14(5,6-7-15)11(4)10(12)3/h10-13,15-16H,1,6-8H2,2-5H3/t10-,11-,12+,13+,14-/m1/s1. The second-order valence-corrected chi connectivity index (χ2v) is 5.83. The summed E-state index contributed by atoms with van der Waals surface area (Å²) in [6.07, 6.45) is 1.15. The van der Waals surface area contributed by atoms with Crippen LogP contribution in [0.1, 0.15) is 40.5 Å². The van der Waals surface area contributed by atoms with Gasteiger partial charge in [-0.2, -0.15) is 0 Å². The average molecular weight is 226 g/mol. The van der Waals surface area contributed by atoms with Gasteiger partial charge in [0.05, 0.1) is 6.10 Å². The molecule has 0 aromatic rings. The summed E-state index contributed by atoms with van der Waals surface area (Å²) < 4.78 is 0. The summed E-state index contributed by atoms with van der Waals surface area (Å²) in [5, 5.41) is 19.5. The van der Waals surface area contributed by atoms with Crippen LogP contribution in [-0.4, -0.2) is 22.9 Å². The molecule has 1 rings (SSSR count). The van der Waals surface area contributed by atoms with Crippen LogP contribution in [0.3, 0.4) is 0 Å². The molecule has 2 nitrogen and oxygen atoms in total. The van der Waals surface area contributed by atoms with Gasteiger partial charge < -0.3 is 10.2 Å². The maximum absolute atomic E-state index is 10.3. The molecule has 1 aliphatic carbocycles. The third-order valence-electron chi connectivity index (χ3n) is 4.99. The van der Waals surface area contributed by atoms with Crippen molar-refractivity contribution in [2.75, 3.05) is 6.61 Å². The van der Waals surface area contributed by atoms with E-state index in [0.717, 1.165) is 6.42 Å². The first-order chi connectivity index (χ1) is 7.34. The summed E-state index contributed by atoms with van der Waals surface area (Å²) in [6.45, 7) is 12.8. The summed E-state index contributed by atoms with van der Waals surface area (Å²) in [6, 6.07) is 0. The number of allylic oxidation sites excluding steroid dienone is 1. The Bertz CT molecular complexity index is 261. The molecule has 1 aliphatic rings. The van der Waals surface area contributed by atoms with E-state index in [1.54, 1.807) is 0 Å². The van der Waals surface area contributed by atoms with Gasteiger partial charge in [0.25, 0.3) is 0 Å². The highest BCUT2D eigenvalue weighted by Crippen LogP contribution is 2.50. The van der Waals surface area contributed by atoms with Gasteiger partial charge in [-0.3, -0.25) is 0 Å². The van der Waals surface area contributed by atoms with Crippen molar-refractivity contribution in [2.24, 2.45) is 23.2 Å². The maximum Gasteiger partial charge on any atom is 0.0603 e. The molecular formula is C14H26O2. The van der Waals surface area contributed by atoms with Crippen LogP contribution < -0.4 is 0 Å². The van der Waals surface area contributed by atoms with Crippen LogP contribution in [-0.2, 0) is 0 Å². The molecule has 0 aromatic heterocycles. The van der Waals surface area contributed by atoms with Gasteiger partial charge in [-0.1, -0.05) is 32.9 Å². The Morgan fingerprint density at radius 3 is 2.44 bits per heavy atom. The summed E-state index contributed by atoms with van der Waals surface area (Å²) in [4.78, 5) is 0. The van der Waals surface area contributed by atoms with E-state index in [0.29, 0.717) is 24.2 Å². The van der Waals surface area contributed by atoms with Crippen LogP contribution in [0, 0.1) is 23.2 Å². The van der Waals surface area contributed by atoms with E-state index in [1.807, 2.05) is 0 Å². The number of rotatable bonds is 3. The van der Waals surface area contributed by atoms with Crippen LogP contribution >= 0.6 is 0 Å². The quantitative estimate of drug-likeness (QED) is 0.726. The van der Waals surface area contributed by atoms with Crippen LogP contribution in [0.5, 0.6) is 0 Å². The lowest BCUT2D eigenvalue weighted by Crippen LogP contribution is -2.49. The van der Waals surface area contributed by atoms with E-state index in [-0.39, 0.29) is 18.1 Å². The smallest absolute Gasteiger partial charge is 0.0603 e. The zero-order valence-electron chi connectivity index (χ0n) is 11.0. The molecule has 2 heteroatoms. The fourth-order valence-electron chi connectivity index (χ4n) is 3.26. The lowest BCUT2D eigenvalue weighted by Gasteiger charge is -2.50. The highest BCUT2D eigenvalue weighted by Gasteiger charge is 2.47. The van der Waals surface area contributed by atoms with Crippen LogP contribution in [0.4, 0.5) is 0 Å². The molecule has 2 N–H and O–H groups in total. The average Bonchev–Trinajstić information content (AvgIpc) is 2.21. The molecule has 0 unspecified atom stereocenters. The highest BCUT2D eigenvalue weighted by atomic mass is 16.3. The van der Waals surface area contributed by atoms with Crippen molar-refractivity contribution in [1.29, 1.82) is 0 Å². The van der Waals surface area contributed by atoms with E-state index in [4.69, 9.17) is 5.11 Å². The third kappa shape index (κ3) is 2.18. The van der Waals surface area contributed by atoms with Gasteiger partial charge >= 0.3 is 0 Å². The SMILES string of the molecule is C=C(C)[C@@H]1C[C@H](O)[C@](C)(CCO)[C@H](C)[C@H]1C. The van der Waals surface area contributed by atoms with Gasteiger partial charge in [-0.25, -0.2) is 0 Å². The lowest BCUT2D eigenvalue weighted by molar-refractivity contribution is -0.0876. The fourth-order valence-corrected chi connectivity index (χ4v) is 3.26. The zero-order chi connectivity index (χ0) is 12.5. The van der Waals surface area contributed by atoms with Crippen molar-refractivity contribution in [3.05, 3.63) is 12.2 Å². The fraction of sp³-hybridized carbons (Fsp3) is 0.857. The molecule has 0 aromatic carbocycles. The van der Waals surface area contributed by atoms with E-state index < -0.39 is 0 Å². The monoisotopic (exact) mass is 226 g/mol. The van der Waals surface area contributed by atoms with Crippen molar-refractivity contribution >= 4 is 0 Å². The Kier molecular flexibility index (Phi) is 4.19. The van der Waals surface area contributed by atoms with E-state index in [9.17, 15) is 5.11 Å². The van der Waals surface area contributed by atoms with Gasteiger partial charge in [0, 0.05) is 6.61 Å². The third-order valence-corrected chi connectivity index (χ3v) is 4.99. The van der Waals surface area contributed by atoms with Crippen LogP contribution in [0.25, 0.3) is 0 Å². The van der Waals surface area contributed by atoms with Crippen LogP contribution in [0.15, 0.2) is 12.2 Å². The minimum atomic E-state index is -0.326. The molecule has 0 saturated heterocycles. The second-order valence-electron chi connectivity index (χ2n) is 5.83. The molecule has 94 valence electrons. The highest BCUT2D eigenvalue weighted by molar-refractivity contribution is 5.07. The van der Waals surface area contributed by atoms with Gasteiger partial charge in [0.15, 0.2) is 0 Å². The van der Waals surface area contributed by atoms with Crippen molar-refractivity contribution < 1.29 is 10.2 Å². The molecule has 0 radical (unpaired) electrons. The molecule has 1 saturated carbocycles. The number of aliphatic hydroxyl groups is 2. The minimum absolute atomic E-state index is 0.153. The zero-order valence-corrected chi connectivity index (χ0v) is 11.0. The molecule has 0 amide bonds. The Morgan fingerprint density at radius 2 is 2.00 bits per heavy atom. The van der Waals surface area contributed by atoms with Gasteiger partial charge in [0.2, 0.25) is 0 Å². The first-order valence-corrected chi connectivity index (χ1v) is 6.29. The lowest BCUT2D eigenvalue weighted by atomic mass is 9.56. The topological polar surface area (TPSA) is 40.5 Å². The Morgan fingerprint density at radius 1 is 1.44 bits per heavy atom.